The van der Waals surface area contributed by atoms with Gasteiger partial charge in [-0.1, -0.05) is 11.6 Å². The Morgan fingerprint density at radius 1 is 1.41 bits per heavy atom. The highest BCUT2D eigenvalue weighted by atomic mass is 35.5. The normalized spacial score (nSPS) is 10.5. The molecule has 1 heterocycles. The molecule has 2 aromatic rings. The first-order chi connectivity index (χ1) is 8.04. The number of nitro groups is 1. The summed E-state index contributed by atoms with van der Waals surface area (Å²) in [6.07, 6.45) is 0. The standard InChI is InChI=1S/C10H6ClNO5/c1-16-10-8(11)6-3-2-5(12(14)15)4-7(6)9(13)17-10/h2-4H,1H3. The Hall–Kier alpha value is -2.08. The molecule has 6 nitrogen and oxygen atoms in total. The topological polar surface area (TPSA) is 82.6 Å². The van der Waals surface area contributed by atoms with E-state index in [0.717, 1.165) is 6.07 Å². The lowest BCUT2D eigenvalue weighted by atomic mass is 10.1. The van der Waals surface area contributed by atoms with Crippen molar-refractivity contribution in [3.8, 4) is 5.95 Å². The summed E-state index contributed by atoms with van der Waals surface area (Å²) in [5.74, 6) is -0.113. The predicted octanol–water partition coefficient (Wildman–Crippen LogP) is 2.36. The fourth-order valence-electron chi connectivity index (χ4n) is 1.43. The minimum absolute atomic E-state index is 0.0463. The molecule has 0 saturated heterocycles. The smallest absolute Gasteiger partial charge is 0.346 e. The van der Waals surface area contributed by atoms with Gasteiger partial charge >= 0.3 is 11.6 Å². The highest BCUT2D eigenvalue weighted by Gasteiger charge is 2.15. The van der Waals surface area contributed by atoms with Gasteiger partial charge < -0.3 is 9.15 Å². The molecule has 7 heteroatoms. The summed E-state index contributed by atoms with van der Waals surface area (Å²) in [7, 11) is 1.31. The Balaban J connectivity index is 2.85. The average molecular weight is 256 g/mol. The summed E-state index contributed by atoms with van der Waals surface area (Å²) in [6.45, 7) is 0. The zero-order valence-electron chi connectivity index (χ0n) is 8.60. The summed E-state index contributed by atoms with van der Waals surface area (Å²) < 4.78 is 9.55. The molecular weight excluding hydrogens is 250 g/mol. The third kappa shape index (κ3) is 1.83. The van der Waals surface area contributed by atoms with E-state index in [1.54, 1.807) is 0 Å². The van der Waals surface area contributed by atoms with Gasteiger partial charge in [0.2, 0.25) is 0 Å². The molecular formula is C10H6ClNO5. The molecule has 0 amide bonds. The molecule has 0 aliphatic rings. The molecule has 1 aromatic heterocycles. The van der Waals surface area contributed by atoms with E-state index in [9.17, 15) is 14.9 Å². The van der Waals surface area contributed by atoms with Crippen LogP contribution in [-0.2, 0) is 0 Å². The fourth-order valence-corrected chi connectivity index (χ4v) is 1.71. The van der Waals surface area contributed by atoms with Crippen molar-refractivity contribution in [2.45, 2.75) is 0 Å². The van der Waals surface area contributed by atoms with Gasteiger partial charge in [-0.25, -0.2) is 4.79 Å². The molecule has 88 valence electrons. The van der Waals surface area contributed by atoms with Crippen molar-refractivity contribution in [1.82, 2.24) is 0 Å². The first-order valence-electron chi connectivity index (χ1n) is 4.49. The van der Waals surface area contributed by atoms with Crippen LogP contribution in [0.15, 0.2) is 27.4 Å². The third-order valence-electron chi connectivity index (χ3n) is 2.22. The third-order valence-corrected chi connectivity index (χ3v) is 2.58. The highest BCUT2D eigenvalue weighted by Crippen LogP contribution is 2.31. The van der Waals surface area contributed by atoms with Crippen LogP contribution in [0.4, 0.5) is 5.69 Å². The van der Waals surface area contributed by atoms with Gasteiger partial charge in [0.25, 0.3) is 5.69 Å². The number of non-ortho nitro benzene ring substituents is 1. The van der Waals surface area contributed by atoms with Crippen molar-refractivity contribution in [3.05, 3.63) is 43.8 Å². The predicted molar refractivity (Wildman–Crippen MR) is 60.7 cm³/mol. The highest BCUT2D eigenvalue weighted by molar-refractivity contribution is 6.36. The van der Waals surface area contributed by atoms with E-state index in [1.165, 1.54) is 19.2 Å². The van der Waals surface area contributed by atoms with E-state index >= 15 is 0 Å². The van der Waals surface area contributed by atoms with Crippen molar-refractivity contribution < 1.29 is 14.1 Å². The van der Waals surface area contributed by atoms with Crippen LogP contribution < -0.4 is 10.4 Å². The van der Waals surface area contributed by atoms with Gasteiger partial charge in [0.15, 0.2) is 0 Å². The number of ether oxygens (including phenoxy) is 1. The Morgan fingerprint density at radius 3 is 2.71 bits per heavy atom. The van der Waals surface area contributed by atoms with E-state index < -0.39 is 10.5 Å². The first-order valence-corrected chi connectivity index (χ1v) is 4.87. The van der Waals surface area contributed by atoms with Crippen LogP contribution in [0.1, 0.15) is 0 Å². The van der Waals surface area contributed by atoms with Crippen LogP contribution in [0, 0.1) is 10.1 Å². The summed E-state index contributed by atoms with van der Waals surface area (Å²) in [6, 6.07) is 3.76. The molecule has 0 atom stereocenters. The molecule has 0 aliphatic heterocycles. The van der Waals surface area contributed by atoms with Crippen molar-refractivity contribution >= 4 is 28.1 Å². The summed E-state index contributed by atoms with van der Waals surface area (Å²) in [5, 5.41) is 11.1. The molecule has 2 rings (SSSR count). The van der Waals surface area contributed by atoms with E-state index in [4.69, 9.17) is 20.8 Å². The molecule has 0 N–H and O–H groups in total. The number of fused-ring (bicyclic) bond motifs is 1. The minimum atomic E-state index is -0.732. The molecule has 0 fully saturated rings. The second-order valence-electron chi connectivity index (χ2n) is 3.18. The SMILES string of the molecule is COc1oc(=O)c2cc([N+](=O)[O-])ccc2c1Cl. The summed E-state index contributed by atoms with van der Waals surface area (Å²) >= 11 is 5.92. The largest absolute Gasteiger partial charge is 0.467 e. The number of nitro benzene ring substituents is 1. The van der Waals surface area contributed by atoms with Crippen LogP contribution in [-0.4, -0.2) is 12.0 Å². The van der Waals surface area contributed by atoms with Gasteiger partial charge in [-0.2, -0.15) is 0 Å². The zero-order valence-corrected chi connectivity index (χ0v) is 9.35. The second kappa shape index (κ2) is 4.06. The molecule has 0 aliphatic carbocycles. The van der Waals surface area contributed by atoms with Gasteiger partial charge in [-0.05, 0) is 6.07 Å². The van der Waals surface area contributed by atoms with Crippen LogP contribution in [0.2, 0.25) is 5.02 Å². The Morgan fingerprint density at radius 2 is 2.12 bits per heavy atom. The Labute approximate surface area is 99.5 Å². The van der Waals surface area contributed by atoms with Crippen LogP contribution in [0.5, 0.6) is 5.95 Å². The minimum Gasteiger partial charge on any atom is -0.467 e. The number of nitrogens with zero attached hydrogens (tertiary/aromatic N) is 1. The van der Waals surface area contributed by atoms with Crippen LogP contribution in [0.3, 0.4) is 0 Å². The summed E-state index contributed by atoms with van der Waals surface area (Å²) in [4.78, 5) is 21.5. The van der Waals surface area contributed by atoms with Gasteiger partial charge in [0.05, 0.1) is 17.4 Å². The molecule has 0 unspecified atom stereocenters. The average Bonchev–Trinajstić information content (AvgIpc) is 2.33. The number of rotatable bonds is 2. The van der Waals surface area contributed by atoms with Crippen molar-refractivity contribution in [2.75, 3.05) is 7.11 Å². The lowest BCUT2D eigenvalue weighted by Crippen LogP contribution is -2.02. The van der Waals surface area contributed by atoms with E-state index in [-0.39, 0.29) is 22.0 Å². The van der Waals surface area contributed by atoms with Gasteiger partial charge in [-0.15, -0.1) is 0 Å². The maximum atomic E-state index is 11.6. The van der Waals surface area contributed by atoms with Gasteiger partial charge in [-0.3, -0.25) is 10.1 Å². The fraction of sp³-hybridized carbons (Fsp3) is 0.100. The molecule has 1 aromatic carbocycles. The van der Waals surface area contributed by atoms with E-state index in [1.807, 2.05) is 0 Å². The van der Waals surface area contributed by atoms with Crippen molar-refractivity contribution in [2.24, 2.45) is 0 Å². The zero-order chi connectivity index (χ0) is 12.6. The van der Waals surface area contributed by atoms with Crippen molar-refractivity contribution in [1.29, 1.82) is 0 Å². The Kier molecular flexibility index (Phi) is 2.72. The maximum absolute atomic E-state index is 11.6. The number of benzene rings is 1. The van der Waals surface area contributed by atoms with E-state index in [0.29, 0.717) is 5.39 Å². The maximum Gasteiger partial charge on any atom is 0.346 e. The van der Waals surface area contributed by atoms with Gasteiger partial charge in [0, 0.05) is 17.5 Å². The van der Waals surface area contributed by atoms with Crippen LogP contribution >= 0.6 is 11.6 Å². The lowest BCUT2D eigenvalue weighted by Gasteiger charge is -2.03. The van der Waals surface area contributed by atoms with E-state index in [2.05, 4.69) is 0 Å². The molecule has 0 spiro atoms. The number of hydrogen-bond acceptors (Lipinski definition) is 5. The lowest BCUT2D eigenvalue weighted by molar-refractivity contribution is -0.384. The molecule has 17 heavy (non-hydrogen) atoms. The Bertz CT molecular complexity index is 664. The number of methoxy groups -OCH3 is 1. The monoisotopic (exact) mass is 255 g/mol. The number of halogens is 1. The molecule has 0 radical (unpaired) electrons. The number of hydrogen-bond donors (Lipinski definition) is 0. The quantitative estimate of drug-likeness (QED) is 0.608. The first kappa shape index (κ1) is 11.4. The molecule has 0 bridgehead atoms. The van der Waals surface area contributed by atoms with Crippen LogP contribution in [0.25, 0.3) is 10.8 Å². The molecule has 0 saturated carbocycles. The van der Waals surface area contributed by atoms with Gasteiger partial charge in [0.1, 0.15) is 5.02 Å². The summed E-state index contributed by atoms with van der Waals surface area (Å²) in [5.41, 5.74) is -0.934. The van der Waals surface area contributed by atoms with Crippen molar-refractivity contribution in [3.63, 3.8) is 0 Å². The second-order valence-corrected chi connectivity index (χ2v) is 3.56.